The Labute approximate surface area is 267 Å². The molecule has 0 aliphatic carbocycles. The molecule has 1 amide bonds. The highest BCUT2D eigenvalue weighted by Gasteiger charge is 2.13. The number of hydrogen-bond donors (Lipinski definition) is 2. The van der Waals surface area contributed by atoms with E-state index < -0.39 is 0 Å². The van der Waals surface area contributed by atoms with Crippen molar-refractivity contribution < 1.29 is 14.3 Å². The van der Waals surface area contributed by atoms with Crippen molar-refractivity contribution in [1.82, 2.24) is 10.4 Å². The summed E-state index contributed by atoms with van der Waals surface area (Å²) in [5.74, 6) is 0.755. The molecule has 10 heteroatoms. The minimum Gasteiger partial charge on any atom is -0.490 e. The lowest BCUT2D eigenvalue weighted by Crippen LogP contribution is -2.17. The number of hydrogen-bond acceptors (Lipinski definition) is 7. The third kappa shape index (κ3) is 9.99. The number of ether oxygens (including phenoxy) is 2. The molecular weight excluding hydrogens is 603 g/mol. The lowest BCUT2D eigenvalue weighted by atomic mass is 10.1. The Morgan fingerprint density at radius 3 is 2.44 bits per heavy atom. The number of unbranched alkanes of at least 4 members (excludes halogenated alkanes) is 5. The normalized spacial score (nSPS) is 11.1. The van der Waals surface area contributed by atoms with Crippen molar-refractivity contribution in [1.29, 1.82) is 0 Å². The van der Waals surface area contributed by atoms with E-state index >= 15 is 0 Å². The Morgan fingerprint density at radius 1 is 0.953 bits per heavy atom. The number of benzene rings is 3. The van der Waals surface area contributed by atoms with Gasteiger partial charge in [-0.3, -0.25) is 4.79 Å². The van der Waals surface area contributed by atoms with Crippen LogP contribution in [0.4, 0.5) is 10.8 Å². The fourth-order valence-corrected chi connectivity index (χ4v) is 5.40. The summed E-state index contributed by atoms with van der Waals surface area (Å²) in [6.07, 6.45) is 8.60. The Hall–Kier alpha value is -3.59. The summed E-state index contributed by atoms with van der Waals surface area (Å²) in [5, 5.41) is 11.2. The van der Waals surface area contributed by atoms with Gasteiger partial charge in [-0.25, -0.2) is 10.4 Å². The lowest BCUT2D eigenvalue weighted by Gasteiger charge is -2.14. The van der Waals surface area contributed by atoms with E-state index in [0.29, 0.717) is 45.9 Å². The van der Waals surface area contributed by atoms with Crippen LogP contribution in [0.15, 0.2) is 71.1 Å². The van der Waals surface area contributed by atoms with Gasteiger partial charge in [-0.05, 0) is 67.4 Å². The van der Waals surface area contributed by atoms with E-state index in [-0.39, 0.29) is 5.91 Å². The minimum absolute atomic E-state index is 0.332. The number of hydrazone groups is 1. The van der Waals surface area contributed by atoms with Crippen LogP contribution < -0.4 is 20.2 Å². The molecule has 43 heavy (non-hydrogen) atoms. The Bertz CT molecular complexity index is 1490. The first kappa shape index (κ1) is 32.3. The van der Waals surface area contributed by atoms with Crippen LogP contribution in [0.2, 0.25) is 10.0 Å². The fourth-order valence-electron chi connectivity index (χ4n) is 4.26. The maximum absolute atomic E-state index is 12.7. The minimum atomic E-state index is -0.332. The summed E-state index contributed by atoms with van der Waals surface area (Å²) in [5.41, 5.74) is 6.35. The highest BCUT2D eigenvalue weighted by atomic mass is 35.5. The number of carbonyl (C=O) groups excluding carboxylic acids is 1. The summed E-state index contributed by atoms with van der Waals surface area (Å²) >= 11 is 14.0. The molecule has 0 fully saturated rings. The number of thiazole rings is 1. The number of nitrogens with one attached hydrogen (secondary N) is 2. The van der Waals surface area contributed by atoms with E-state index in [2.05, 4.69) is 27.8 Å². The zero-order chi connectivity index (χ0) is 30.4. The first-order valence-corrected chi connectivity index (χ1v) is 16.1. The summed E-state index contributed by atoms with van der Waals surface area (Å²) in [6.45, 7) is 5.17. The van der Waals surface area contributed by atoms with Crippen molar-refractivity contribution in [3.8, 4) is 22.8 Å². The summed E-state index contributed by atoms with van der Waals surface area (Å²) in [7, 11) is 0. The topological polar surface area (TPSA) is 84.8 Å². The predicted molar refractivity (Wildman–Crippen MR) is 179 cm³/mol. The molecule has 7 nitrogen and oxygen atoms in total. The van der Waals surface area contributed by atoms with Gasteiger partial charge in [0.25, 0.3) is 5.91 Å². The standard InChI is InChI=1S/C33H36Cl2N4O3S/c1-3-5-6-7-8-9-18-42-31-28(35)19-23(20-30(31)41-4-2)21-36-39-32(40)25-12-10-24(11-13-25)29-22-43-33(38-29)37-27-16-14-26(34)15-17-27/h10-17,19-22H,3-9,18H2,1-2H3,(H,37,38)(H,39,40)/b36-21-. The van der Waals surface area contributed by atoms with E-state index in [1.165, 1.54) is 43.2 Å². The van der Waals surface area contributed by atoms with Crippen LogP contribution in [0, 0.1) is 0 Å². The first-order chi connectivity index (χ1) is 21.0. The maximum atomic E-state index is 12.7. The number of nitrogens with zero attached hydrogens (tertiary/aromatic N) is 2. The average Bonchev–Trinajstić information content (AvgIpc) is 3.47. The van der Waals surface area contributed by atoms with Crippen molar-refractivity contribution in [2.45, 2.75) is 52.4 Å². The molecule has 0 aliphatic heterocycles. The van der Waals surface area contributed by atoms with E-state index in [0.717, 1.165) is 34.9 Å². The molecule has 2 N–H and O–H groups in total. The van der Waals surface area contributed by atoms with Gasteiger partial charge in [-0.15, -0.1) is 11.3 Å². The average molecular weight is 640 g/mol. The second kappa shape index (κ2) is 16.9. The van der Waals surface area contributed by atoms with Crippen LogP contribution >= 0.6 is 34.5 Å². The number of aromatic nitrogens is 1. The zero-order valence-corrected chi connectivity index (χ0v) is 26.7. The smallest absolute Gasteiger partial charge is 0.271 e. The van der Waals surface area contributed by atoms with Crippen molar-refractivity contribution >= 4 is 57.5 Å². The monoisotopic (exact) mass is 638 g/mol. The maximum Gasteiger partial charge on any atom is 0.271 e. The number of amides is 1. The van der Waals surface area contributed by atoms with Gasteiger partial charge in [0.2, 0.25) is 0 Å². The molecule has 0 saturated carbocycles. The molecule has 4 aromatic rings. The molecule has 4 rings (SSSR count). The Kier molecular flexibility index (Phi) is 12.7. The number of halogens is 2. The van der Waals surface area contributed by atoms with Crippen LogP contribution in [-0.4, -0.2) is 30.3 Å². The number of carbonyl (C=O) groups is 1. The Morgan fingerprint density at radius 2 is 1.70 bits per heavy atom. The molecule has 226 valence electrons. The van der Waals surface area contributed by atoms with Crippen LogP contribution in [0.25, 0.3) is 11.3 Å². The molecule has 0 spiro atoms. The van der Waals surface area contributed by atoms with Crippen molar-refractivity contribution in [2.24, 2.45) is 5.10 Å². The van der Waals surface area contributed by atoms with Gasteiger partial charge < -0.3 is 14.8 Å². The van der Waals surface area contributed by atoms with Gasteiger partial charge in [-0.2, -0.15) is 5.10 Å². The van der Waals surface area contributed by atoms with Crippen LogP contribution in [0.5, 0.6) is 11.5 Å². The van der Waals surface area contributed by atoms with E-state index in [1.807, 2.05) is 48.7 Å². The number of anilines is 2. The van der Waals surface area contributed by atoms with E-state index in [9.17, 15) is 4.79 Å². The molecule has 1 heterocycles. The second-order valence-electron chi connectivity index (χ2n) is 9.83. The number of rotatable bonds is 16. The largest absolute Gasteiger partial charge is 0.490 e. The molecule has 0 atom stereocenters. The van der Waals surface area contributed by atoms with Gasteiger partial charge in [0.15, 0.2) is 16.6 Å². The van der Waals surface area contributed by atoms with Gasteiger partial charge in [0.05, 0.1) is 30.1 Å². The third-order valence-electron chi connectivity index (χ3n) is 6.50. The zero-order valence-electron chi connectivity index (χ0n) is 24.4. The van der Waals surface area contributed by atoms with Crippen molar-refractivity contribution in [3.05, 3.63) is 87.2 Å². The summed E-state index contributed by atoms with van der Waals surface area (Å²) in [6, 6.07) is 18.2. The van der Waals surface area contributed by atoms with E-state index in [1.54, 1.807) is 24.3 Å². The highest BCUT2D eigenvalue weighted by molar-refractivity contribution is 7.14. The quantitative estimate of drug-likeness (QED) is 0.0724. The molecule has 0 radical (unpaired) electrons. The Balaban J connectivity index is 1.31. The lowest BCUT2D eigenvalue weighted by molar-refractivity contribution is 0.0955. The predicted octanol–water partition coefficient (Wildman–Crippen LogP) is 9.76. The molecule has 1 aromatic heterocycles. The first-order valence-electron chi connectivity index (χ1n) is 14.5. The van der Waals surface area contributed by atoms with Gasteiger partial charge in [0.1, 0.15) is 0 Å². The summed E-state index contributed by atoms with van der Waals surface area (Å²) in [4.78, 5) is 17.3. The highest BCUT2D eigenvalue weighted by Crippen LogP contribution is 2.36. The second-order valence-corrected chi connectivity index (χ2v) is 11.5. The van der Waals surface area contributed by atoms with Gasteiger partial charge in [0, 0.05) is 27.2 Å². The SMILES string of the molecule is CCCCCCCCOc1c(Cl)cc(/C=N\NC(=O)c2ccc(-c3csc(Nc4ccc(Cl)cc4)n3)cc2)cc1OCC. The fraction of sp³-hybridized carbons (Fsp3) is 0.303. The van der Waals surface area contributed by atoms with Gasteiger partial charge >= 0.3 is 0 Å². The molecule has 0 aliphatic rings. The van der Waals surface area contributed by atoms with Gasteiger partial charge in [-0.1, -0.05) is 74.4 Å². The molecular formula is C33H36Cl2N4O3S. The van der Waals surface area contributed by atoms with Crippen LogP contribution in [0.1, 0.15) is 68.3 Å². The van der Waals surface area contributed by atoms with Crippen LogP contribution in [0.3, 0.4) is 0 Å². The molecule has 3 aromatic carbocycles. The van der Waals surface area contributed by atoms with Crippen molar-refractivity contribution in [2.75, 3.05) is 18.5 Å². The molecule has 0 unspecified atom stereocenters. The molecule has 0 saturated heterocycles. The third-order valence-corrected chi connectivity index (χ3v) is 7.79. The van der Waals surface area contributed by atoms with Crippen molar-refractivity contribution in [3.63, 3.8) is 0 Å². The summed E-state index contributed by atoms with van der Waals surface area (Å²) < 4.78 is 11.7. The molecule has 0 bridgehead atoms. The van der Waals surface area contributed by atoms with E-state index in [4.69, 9.17) is 32.7 Å². The van der Waals surface area contributed by atoms with Crippen LogP contribution in [-0.2, 0) is 0 Å².